The zero-order valence-corrected chi connectivity index (χ0v) is 13.1. The molecule has 0 spiro atoms. The molecule has 1 N–H and O–H groups in total. The quantitative estimate of drug-likeness (QED) is 0.788. The summed E-state index contributed by atoms with van der Waals surface area (Å²) in [4.78, 5) is 0. The van der Waals surface area contributed by atoms with Crippen LogP contribution in [0.25, 0.3) is 10.9 Å². The van der Waals surface area contributed by atoms with Crippen LogP contribution in [0.1, 0.15) is 11.3 Å². The Kier molecular flexibility index (Phi) is 3.63. The predicted octanol–water partition coefficient (Wildman–Crippen LogP) is 3.82. The van der Waals surface area contributed by atoms with Gasteiger partial charge in [0, 0.05) is 16.9 Å². The summed E-state index contributed by atoms with van der Waals surface area (Å²) in [5, 5.41) is 18.1. The minimum Gasteiger partial charge on any atom is -0.378 e. The molecule has 0 fully saturated rings. The molecule has 0 bridgehead atoms. The molecule has 0 atom stereocenters. The number of nitrogens with zero attached hydrogens (tertiary/aromatic N) is 3. The Morgan fingerprint density at radius 3 is 2.90 bits per heavy atom. The number of anilines is 1. The van der Waals surface area contributed by atoms with E-state index in [0.29, 0.717) is 12.1 Å². The standard InChI is InChI=1S/C16H13BrN4/c1-21-16-5-3-2-4-13(16)15(20-21)10-19-14-7-6-12(17)8-11(14)9-18/h2-8,19H,10H2,1H3. The highest BCUT2D eigenvalue weighted by atomic mass is 79.9. The first-order valence-corrected chi connectivity index (χ1v) is 7.32. The molecule has 5 heteroatoms. The smallest absolute Gasteiger partial charge is 0.101 e. The van der Waals surface area contributed by atoms with Crippen molar-refractivity contribution in [2.45, 2.75) is 6.54 Å². The van der Waals surface area contributed by atoms with Gasteiger partial charge in [0.15, 0.2) is 0 Å². The number of para-hydroxylation sites is 1. The van der Waals surface area contributed by atoms with Crippen molar-refractivity contribution in [3.05, 3.63) is 58.2 Å². The van der Waals surface area contributed by atoms with E-state index >= 15 is 0 Å². The number of aryl methyl sites for hydroxylation is 1. The summed E-state index contributed by atoms with van der Waals surface area (Å²) in [7, 11) is 1.94. The highest BCUT2D eigenvalue weighted by Crippen LogP contribution is 2.22. The van der Waals surface area contributed by atoms with Crippen LogP contribution in [0.3, 0.4) is 0 Å². The van der Waals surface area contributed by atoms with Crippen molar-refractivity contribution in [2.24, 2.45) is 7.05 Å². The van der Waals surface area contributed by atoms with Gasteiger partial charge < -0.3 is 5.32 Å². The largest absolute Gasteiger partial charge is 0.378 e. The molecule has 21 heavy (non-hydrogen) atoms. The second-order valence-corrected chi connectivity index (χ2v) is 5.66. The van der Waals surface area contributed by atoms with Gasteiger partial charge in [-0.25, -0.2) is 0 Å². The Bertz CT molecular complexity index is 845. The van der Waals surface area contributed by atoms with E-state index < -0.39 is 0 Å². The van der Waals surface area contributed by atoms with Gasteiger partial charge in [0.2, 0.25) is 0 Å². The third-order valence-corrected chi connectivity index (χ3v) is 3.88. The fourth-order valence-electron chi connectivity index (χ4n) is 2.36. The topological polar surface area (TPSA) is 53.6 Å². The Morgan fingerprint density at radius 2 is 2.10 bits per heavy atom. The van der Waals surface area contributed by atoms with Gasteiger partial charge in [0.1, 0.15) is 6.07 Å². The lowest BCUT2D eigenvalue weighted by molar-refractivity contribution is 0.771. The summed E-state index contributed by atoms with van der Waals surface area (Å²) in [5.41, 5.74) is 3.51. The highest BCUT2D eigenvalue weighted by molar-refractivity contribution is 9.10. The van der Waals surface area contributed by atoms with E-state index in [1.165, 1.54) is 0 Å². The third kappa shape index (κ3) is 2.63. The fourth-order valence-corrected chi connectivity index (χ4v) is 2.72. The van der Waals surface area contributed by atoms with Crippen LogP contribution in [0.15, 0.2) is 46.9 Å². The number of hydrogen-bond donors (Lipinski definition) is 1. The maximum absolute atomic E-state index is 9.19. The molecule has 4 nitrogen and oxygen atoms in total. The van der Waals surface area contributed by atoms with Crippen LogP contribution in [0.4, 0.5) is 5.69 Å². The first-order valence-electron chi connectivity index (χ1n) is 6.53. The van der Waals surface area contributed by atoms with Crippen LogP contribution in [-0.4, -0.2) is 9.78 Å². The molecule has 0 aliphatic carbocycles. The summed E-state index contributed by atoms with van der Waals surface area (Å²) in [6.45, 7) is 0.581. The van der Waals surface area contributed by atoms with Gasteiger partial charge in [-0.05, 0) is 24.3 Å². The molecule has 0 unspecified atom stereocenters. The van der Waals surface area contributed by atoms with Crippen LogP contribution in [0, 0.1) is 11.3 Å². The van der Waals surface area contributed by atoms with Gasteiger partial charge in [-0.15, -0.1) is 0 Å². The summed E-state index contributed by atoms with van der Waals surface area (Å²) < 4.78 is 2.77. The molecule has 3 aromatic rings. The average Bonchev–Trinajstić information content (AvgIpc) is 2.83. The van der Waals surface area contributed by atoms with Gasteiger partial charge >= 0.3 is 0 Å². The monoisotopic (exact) mass is 340 g/mol. The Balaban J connectivity index is 1.89. The second kappa shape index (κ2) is 5.58. The lowest BCUT2D eigenvalue weighted by atomic mass is 10.2. The lowest BCUT2D eigenvalue weighted by Gasteiger charge is -2.07. The molecule has 0 saturated heterocycles. The molecule has 0 aliphatic rings. The van der Waals surface area contributed by atoms with E-state index in [2.05, 4.69) is 38.5 Å². The SMILES string of the molecule is Cn1nc(CNc2ccc(Br)cc2C#N)c2ccccc21. The zero-order chi connectivity index (χ0) is 14.8. The summed E-state index contributed by atoms with van der Waals surface area (Å²) >= 11 is 3.37. The number of hydrogen-bond acceptors (Lipinski definition) is 3. The summed E-state index contributed by atoms with van der Waals surface area (Å²) in [5.74, 6) is 0. The van der Waals surface area contributed by atoms with Crippen LogP contribution in [-0.2, 0) is 13.6 Å². The molecule has 1 heterocycles. The van der Waals surface area contributed by atoms with Crippen LogP contribution >= 0.6 is 15.9 Å². The first kappa shape index (κ1) is 13.7. The Labute approximate surface area is 131 Å². The molecule has 104 valence electrons. The molecular formula is C16H13BrN4. The minimum atomic E-state index is 0.581. The Morgan fingerprint density at radius 1 is 1.29 bits per heavy atom. The van der Waals surface area contributed by atoms with Crippen molar-refractivity contribution in [3.8, 4) is 6.07 Å². The number of halogens is 1. The molecule has 0 aliphatic heterocycles. The molecule has 2 aromatic carbocycles. The average molecular weight is 341 g/mol. The molecule has 0 radical (unpaired) electrons. The highest BCUT2D eigenvalue weighted by Gasteiger charge is 2.09. The van der Waals surface area contributed by atoms with E-state index in [1.807, 2.05) is 42.1 Å². The van der Waals surface area contributed by atoms with Crippen molar-refractivity contribution in [3.63, 3.8) is 0 Å². The number of nitriles is 1. The minimum absolute atomic E-state index is 0.581. The number of rotatable bonds is 3. The molecule has 3 rings (SSSR count). The van der Waals surface area contributed by atoms with Gasteiger partial charge in [-0.3, -0.25) is 4.68 Å². The normalized spacial score (nSPS) is 10.5. The van der Waals surface area contributed by atoms with Crippen molar-refractivity contribution < 1.29 is 0 Å². The van der Waals surface area contributed by atoms with Crippen LogP contribution in [0.2, 0.25) is 0 Å². The van der Waals surface area contributed by atoms with E-state index in [-0.39, 0.29) is 0 Å². The van der Waals surface area contributed by atoms with Crippen molar-refractivity contribution in [1.82, 2.24) is 9.78 Å². The van der Waals surface area contributed by atoms with Gasteiger partial charge in [0.05, 0.1) is 29.0 Å². The van der Waals surface area contributed by atoms with E-state index in [4.69, 9.17) is 0 Å². The fraction of sp³-hybridized carbons (Fsp3) is 0.125. The molecular weight excluding hydrogens is 328 g/mol. The number of fused-ring (bicyclic) bond motifs is 1. The summed E-state index contributed by atoms with van der Waals surface area (Å²) in [6.07, 6.45) is 0. The van der Waals surface area contributed by atoms with Gasteiger partial charge in [0.25, 0.3) is 0 Å². The zero-order valence-electron chi connectivity index (χ0n) is 11.5. The molecule has 1 aromatic heterocycles. The number of nitrogens with one attached hydrogen (secondary N) is 1. The van der Waals surface area contributed by atoms with Crippen molar-refractivity contribution in [2.75, 3.05) is 5.32 Å². The summed E-state index contributed by atoms with van der Waals surface area (Å²) in [6, 6.07) is 15.9. The van der Waals surface area contributed by atoms with Crippen LogP contribution in [0.5, 0.6) is 0 Å². The maximum Gasteiger partial charge on any atom is 0.101 e. The molecule has 0 saturated carbocycles. The predicted molar refractivity (Wildman–Crippen MR) is 86.9 cm³/mol. The van der Waals surface area contributed by atoms with Gasteiger partial charge in [-0.1, -0.05) is 34.1 Å². The maximum atomic E-state index is 9.19. The van der Waals surface area contributed by atoms with E-state index in [0.717, 1.165) is 26.8 Å². The Hall–Kier alpha value is -2.32. The van der Waals surface area contributed by atoms with Crippen LogP contribution < -0.4 is 5.32 Å². The van der Waals surface area contributed by atoms with E-state index in [1.54, 1.807) is 6.07 Å². The third-order valence-electron chi connectivity index (χ3n) is 3.38. The lowest BCUT2D eigenvalue weighted by Crippen LogP contribution is -2.03. The number of benzene rings is 2. The second-order valence-electron chi connectivity index (χ2n) is 4.74. The van der Waals surface area contributed by atoms with Crippen molar-refractivity contribution >= 4 is 32.5 Å². The van der Waals surface area contributed by atoms with E-state index in [9.17, 15) is 5.26 Å². The molecule has 0 amide bonds. The first-order chi connectivity index (χ1) is 10.2. The number of aromatic nitrogens is 2. The van der Waals surface area contributed by atoms with Gasteiger partial charge in [-0.2, -0.15) is 10.4 Å². The van der Waals surface area contributed by atoms with Crippen molar-refractivity contribution in [1.29, 1.82) is 5.26 Å².